The van der Waals surface area contributed by atoms with Crippen molar-refractivity contribution >= 4 is 16.8 Å². The van der Waals surface area contributed by atoms with Crippen LogP contribution >= 0.6 is 0 Å². The average Bonchev–Trinajstić information content (AvgIpc) is 3.01. The van der Waals surface area contributed by atoms with E-state index in [-0.39, 0.29) is 18.0 Å². The third kappa shape index (κ3) is 3.27. The molecule has 1 aliphatic rings. The van der Waals surface area contributed by atoms with Crippen molar-refractivity contribution < 1.29 is 4.79 Å². The van der Waals surface area contributed by atoms with Gasteiger partial charge < -0.3 is 9.88 Å². The normalized spacial score (nSPS) is 16.0. The highest BCUT2D eigenvalue weighted by Gasteiger charge is 2.26. The summed E-state index contributed by atoms with van der Waals surface area (Å²) < 4.78 is 2.29. The van der Waals surface area contributed by atoms with Crippen molar-refractivity contribution in [1.29, 1.82) is 0 Å². The van der Waals surface area contributed by atoms with Gasteiger partial charge in [-0.15, -0.1) is 0 Å². The van der Waals surface area contributed by atoms with Crippen molar-refractivity contribution in [2.24, 2.45) is 0 Å². The van der Waals surface area contributed by atoms with E-state index >= 15 is 0 Å². The summed E-state index contributed by atoms with van der Waals surface area (Å²) in [6.45, 7) is 6.22. The maximum Gasteiger partial charge on any atom is 0.243 e. The topological polar surface area (TPSA) is 34.0 Å². The number of carbonyl (C=O) groups is 1. The second-order valence-electron chi connectivity index (χ2n) is 7.84. The fourth-order valence-corrected chi connectivity index (χ4v) is 4.41. The van der Waals surface area contributed by atoms with E-state index in [1.807, 2.05) is 32.0 Å². The molecule has 3 heteroatoms. The van der Waals surface area contributed by atoms with Crippen LogP contribution in [-0.2, 0) is 17.6 Å². The van der Waals surface area contributed by atoms with Crippen molar-refractivity contribution in [3.8, 4) is 0 Å². The third-order valence-electron chi connectivity index (χ3n) is 5.89. The van der Waals surface area contributed by atoms with Gasteiger partial charge in [0.15, 0.2) is 0 Å². The summed E-state index contributed by atoms with van der Waals surface area (Å²) >= 11 is 0. The maximum absolute atomic E-state index is 13.1. The quantitative estimate of drug-likeness (QED) is 0.676. The second kappa shape index (κ2) is 7.22. The lowest BCUT2D eigenvalue weighted by atomic mass is 9.95. The lowest BCUT2D eigenvalue weighted by molar-refractivity contribution is -0.124. The van der Waals surface area contributed by atoms with Crippen LogP contribution < -0.4 is 5.32 Å². The summed E-state index contributed by atoms with van der Waals surface area (Å²) in [5, 5.41) is 4.54. The average molecular weight is 361 g/mol. The van der Waals surface area contributed by atoms with Gasteiger partial charge >= 0.3 is 0 Å². The molecule has 4 rings (SSSR count). The SMILES string of the molecule is Cc1ccc2c(c1)c1c(n2C(C)C(=O)N[C@@H](C)c2ccccc2)CCCC1. The summed E-state index contributed by atoms with van der Waals surface area (Å²) in [7, 11) is 0. The number of hydrogen-bond acceptors (Lipinski definition) is 1. The van der Waals surface area contributed by atoms with Crippen LogP contribution in [0.2, 0.25) is 0 Å². The van der Waals surface area contributed by atoms with Gasteiger partial charge in [-0.05, 0) is 69.7 Å². The van der Waals surface area contributed by atoms with Gasteiger partial charge in [-0.3, -0.25) is 4.79 Å². The zero-order valence-electron chi connectivity index (χ0n) is 16.5. The first-order valence-electron chi connectivity index (χ1n) is 10.0. The molecule has 0 saturated heterocycles. The highest BCUT2D eigenvalue weighted by atomic mass is 16.2. The van der Waals surface area contributed by atoms with Crippen LogP contribution in [0.25, 0.3) is 10.9 Å². The Labute approximate surface area is 161 Å². The Morgan fingerprint density at radius 2 is 1.78 bits per heavy atom. The Bertz CT molecular complexity index is 971. The maximum atomic E-state index is 13.1. The van der Waals surface area contributed by atoms with Crippen LogP contribution in [0.1, 0.15) is 61.2 Å². The third-order valence-corrected chi connectivity index (χ3v) is 5.89. The van der Waals surface area contributed by atoms with E-state index in [1.165, 1.54) is 40.6 Å². The molecule has 140 valence electrons. The van der Waals surface area contributed by atoms with Crippen LogP contribution in [0.5, 0.6) is 0 Å². The standard InChI is InChI=1S/C24H28N2O/c1-16-13-14-23-21(15-16)20-11-7-8-12-22(20)26(23)18(3)24(27)25-17(2)19-9-5-4-6-10-19/h4-6,9-10,13-15,17-18H,7-8,11-12H2,1-3H3,(H,25,27)/t17-,18?/m0/s1. The first kappa shape index (κ1) is 17.8. The molecule has 1 amide bonds. The fourth-order valence-electron chi connectivity index (χ4n) is 4.41. The number of aryl methyl sites for hydroxylation is 2. The summed E-state index contributed by atoms with van der Waals surface area (Å²) in [5.41, 5.74) is 6.42. The minimum atomic E-state index is -0.219. The zero-order valence-corrected chi connectivity index (χ0v) is 16.5. The van der Waals surface area contributed by atoms with Crippen LogP contribution in [-0.4, -0.2) is 10.5 Å². The Morgan fingerprint density at radius 1 is 1.04 bits per heavy atom. The van der Waals surface area contributed by atoms with Gasteiger partial charge in [0.1, 0.15) is 6.04 Å². The zero-order chi connectivity index (χ0) is 19.0. The molecule has 1 N–H and O–H groups in total. The Kier molecular flexibility index (Phi) is 4.77. The number of nitrogens with one attached hydrogen (secondary N) is 1. The summed E-state index contributed by atoms with van der Waals surface area (Å²) in [6.07, 6.45) is 4.63. The molecular weight excluding hydrogens is 332 g/mol. The van der Waals surface area contributed by atoms with Gasteiger partial charge in [-0.2, -0.15) is 0 Å². The fraction of sp³-hybridized carbons (Fsp3) is 0.375. The van der Waals surface area contributed by atoms with E-state index in [0.717, 1.165) is 18.4 Å². The molecule has 1 unspecified atom stereocenters. The number of fused-ring (bicyclic) bond motifs is 3. The lowest BCUT2D eigenvalue weighted by Crippen LogP contribution is -2.33. The number of amides is 1. The highest BCUT2D eigenvalue weighted by molar-refractivity contribution is 5.90. The first-order chi connectivity index (χ1) is 13.1. The molecule has 0 spiro atoms. The van der Waals surface area contributed by atoms with Gasteiger partial charge in [-0.25, -0.2) is 0 Å². The van der Waals surface area contributed by atoms with E-state index in [2.05, 4.69) is 47.1 Å². The van der Waals surface area contributed by atoms with Crippen molar-refractivity contribution in [2.45, 2.75) is 58.5 Å². The van der Waals surface area contributed by atoms with Crippen LogP contribution in [0.3, 0.4) is 0 Å². The molecule has 3 aromatic rings. The van der Waals surface area contributed by atoms with E-state index in [9.17, 15) is 4.79 Å². The largest absolute Gasteiger partial charge is 0.348 e. The molecule has 2 aromatic carbocycles. The van der Waals surface area contributed by atoms with E-state index in [1.54, 1.807) is 0 Å². The van der Waals surface area contributed by atoms with Crippen molar-refractivity contribution in [1.82, 2.24) is 9.88 Å². The highest BCUT2D eigenvalue weighted by Crippen LogP contribution is 2.35. The van der Waals surface area contributed by atoms with Crippen LogP contribution in [0.15, 0.2) is 48.5 Å². The molecule has 2 atom stereocenters. The van der Waals surface area contributed by atoms with Gasteiger partial charge in [0.25, 0.3) is 0 Å². The number of aromatic nitrogens is 1. The minimum absolute atomic E-state index is 0.000970. The number of carbonyl (C=O) groups excluding carboxylic acids is 1. The molecule has 1 heterocycles. The molecule has 1 aliphatic carbocycles. The van der Waals surface area contributed by atoms with E-state index in [0.29, 0.717) is 0 Å². The van der Waals surface area contributed by atoms with Crippen molar-refractivity contribution in [3.05, 3.63) is 70.9 Å². The van der Waals surface area contributed by atoms with Crippen LogP contribution in [0.4, 0.5) is 0 Å². The Morgan fingerprint density at radius 3 is 2.56 bits per heavy atom. The van der Waals surface area contributed by atoms with Crippen molar-refractivity contribution in [3.63, 3.8) is 0 Å². The number of nitrogens with zero attached hydrogens (tertiary/aromatic N) is 1. The molecule has 3 nitrogen and oxygen atoms in total. The molecule has 1 aromatic heterocycles. The number of rotatable bonds is 4. The molecule has 0 radical (unpaired) electrons. The molecule has 0 saturated carbocycles. The first-order valence-corrected chi connectivity index (χ1v) is 10.0. The predicted octanol–water partition coefficient (Wildman–Crippen LogP) is 5.27. The molecule has 0 aliphatic heterocycles. The monoisotopic (exact) mass is 360 g/mol. The number of hydrogen-bond donors (Lipinski definition) is 1. The van der Waals surface area contributed by atoms with Crippen LogP contribution in [0, 0.1) is 6.92 Å². The predicted molar refractivity (Wildman–Crippen MR) is 111 cm³/mol. The number of benzene rings is 2. The smallest absolute Gasteiger partial charge is 0.243 e. The van der Waals surface area contributed by atoms with Gasteiger partial charge in [0, 0.05) is 16.6 Å². The second-order valence-corrected chi connectivity index (χ2v) is 7.84. The van der Waals surface area contributed by atoms with Gasteiger partial charge in [-0.1, -0.05) is 42.0 Å². The summed E-state index contributed by atoms with van der Waals surface area (Å²) in [5.74, 6) is 0.0807. The minimum Gasteiger partial charge on any atom is -0.348 e. The van der Waals surface area contributed by atoms with Crippen molar-refractivity contribution in [2.75, 3.05) is 0 Å². The van der Waals surface area contributed by atoms with Gasteiger partial charge in [0.05, 0.1) is 6.04 Å². The van der Waals surface area contributed by atoms with Gasteiger partial charge in [0.2, 0.25) is 5.91 Å². The summed E-state index contributed by atoms with van der Waals surface area (Å²) in [6, 6.07) is 16.6. The van der Waals surface area contributed by atoms with E-state index < -0.39 is 0 Å². The molecule has 0 fully saturated rings. The lowest BCUT2D eigenvalue weighted by Gasteiger charge is -2.23. The van der Waals surface area contributed by atoms with E-state index in [4.69, 9.17) is 0 Å². The summed E-state index contributed by atoms with van der Waals surface area (Å²) in [4.78, 5) is 13.1. The molecular formula is C24H28N2O. The molecule has 27 heavy (non-hydrogen) atoms. The Hall–Kier alpha value is -2.55. The molecule has 0 bridgehead atoms. The Balaban J connectivity index is 1.68.